The van der Waals surface area contributed by atoms with Crippen molar-refractivity contribution in [1.82, 2.24) is 0 Å². The number of aliphatic imine (C=N–C) groups is 1. The number of hydrogen-bond donors (Lipinski definition) is 0. The van der Waals surface area contributed by atoms with Crippen molar-refractivity contribution in [2.24, 2.45) is 4.99 Å². The molecule has 3 aromatic rings. The third-order valence-corrected chi connectivity index (χ3v) is 4.63. The SMILES string of the molecule is Cc1ccc(C)c(N=Cc2cc(Cl)c(OCc3ccccc3F)c(Cl)c2)c1. The monoisotopic (exact) mass is 401 g/mol. The van der Waals surface area contributed by atoms with Crippen LogP contribution in [0.2, 0.25) is 10.0 Å². The summed E-state index contributed by atoms with van der Waals surface area (Å²) in [5.41, 5.74) is 4.30. The van der Waals surface area contributed by atoms with Gasteiger partial charge in [-0.25, -0.2) is 4.39 Å². The quantitative estimate of drug-likeness (QED) is 0.418. The topological polar surface area (TPSA) is 21.6 Å². The molecule has 27 heavy (non-hydrogen) atoms. The molecule has 0 atom stereocenters. The van der Waals surface area contributed by atoms with Gasteiger partial charge in [0.1, 0.15) is 12.4 Å². The summed E-state index contributed by atoms with van der Waals surface area (Å²) in [5, 5.41) is 0.697. The normalized spacial score (nSPS) is 11.1. The molecule has 0 bridgehead atoms. The number of nitrogens with zero attached hydrogens (tertiary/aromatic N) is 1. The van der Waals surface area contributed by atoms with Gasteiger partial charge in [-0.15, -0.1) is 0 Å². The molecule has 2 nitrogen and oxygen atoms in total. The van der Waals surface area contributed by atoms with Crippen LogP contribution in [0.5, 0.6) is 5.75 Å². The Morgan fingerprint density at radius 1 is 1.00 bits per heavy atom. The zero-order valence-electron chi connectivity index (χ0n) is 15.0. The molecule has 0 aliphatic carbocycles. The Kier molecular flexibility index (Phi) is 6.15. The summed E-state index contributed by atoms with van der Waals surface area (Å²) in [4.78, 5) is 4.52. The van der Waals surface area contributed by atoms with Crippen LogP contribution in [-0.4, -0.2) is 6.21 Å². The lowest BCUT2D eigenvalue weighted by atomic mass is 10.1. The van der Waals surface area contributed by atoms with Crippen molar-refractivity contribution in [2.45, 2.75) is 20.5 Å². The van der Waals surface area contributed by atoms with E-state index in [9.17, 15) is 4.39 Å². The van der Waals surface area contributed by atoms with E-state index < -0.39 is 0 Å². The summed E-state index contributed by atoms with van der Waals surface area (Å²) in [5.74, 6) is -0.00695. The lowest BCUT2D eigenvalue weighted by Crippen LogP contribution is -1.99. The van der Waals surface area contributed by atoms with Crippen LogP contribution < -0.4 is 4.74 Å². The fourth-order valence-corrected chi connectivity index (χ4v) is 3.17. The van der Waals surface area contributed by atoms with Crippen LogP contribution >= 0.6 is 23.2 Å². The van der Waals surface area contributed by atoms with Crippen LogP contribution in [-0.2, 0) is 6.61 Å². The number of ether oxygens (including phenoxy) is 1. The van der Waals surface area contributed by atoms with Crippen molar-refractivity contribution in [1.29, 1.82) is 0 Å². The largest absolute Gasteiger partial charge is 0.486 e. The molecule has 5 heteroatoms. The maximum atomic E-state index is 13.7. The Morgan fingerprint density at radius 2 is 1.70 bits per heavy atom. The smallest absolute Gasteiger partial charge is 0.157 e. The van der Waals surface area contributed by atoms with E-state index in [4.69, 9.17) is 27.9 Å². The van der Waals surface area contributed by atoms with Crippen LogP contribution in [0.15, 0.2) is 59.6 Å². The molecule has 0 aliphatic heterocycles. The predicted molar refractivity (Wildman–Crippen MR) is 110 cm³/mol. The number of benzene rings is 3. The molecular weight excluding hydrogens is 384 g/mol. The first-order chi connectivity index (χ1) is 12.9. The number of aryl methyl sites for hydroxylation is 2. The second-order valence-electron chi connectivity index (χ2n) is 6.24. The van der Waals surface area contributed by atoms with Crippen molar-refractivity contribution in [2.75, 3.05) is 0 Å². The fraction of sp³-hybridized carbons (Fsp3) is 0.136. The Morgan fingerprint density at radius 3 is 2.41 bits per heavy atom. The lowest BCUT2D eigenvalue weighted by molar-refractivity contribution is 0.300. The summed E-state index contributed by atoms with van der Waals surface area (Å²) in [6.07, 6.45) is 1.71. The summed E-state index contributed by atoms with van der Waals surface area (Å²) in [6, 6.07) is 15.9. The molecule has 0 radical (unpaired) electrons. The molecule has 138 valence electrons. The molecule has 0 heterocycles. The second kappa shape index (κ2) is 8.55. The minimum atomic E-state index is -0.331. The zero-order valence-corrected chi connectivity index (χ0v) is 16.5. The average molecular weight is 402 g/mol. The van der Waals surface area contributed by atoms with E-state index in [0.717, 1.165) is 22.4 Å². The van der Waals surface area contributed by atoms with E-state index >= 15 is 0 Å². The van der Waals surface area contributed by atoms with Gasteiger partial charge in [0, 0.05) is 11.8 Å². The van der Waals surface area contributed by atoms with E-state index in [1.165, 1.54) is 6.07 Å². The van der Waals surface area contributed by atoms with Crippen LogP contribution in [0.3, 0.4) is 0 Å². The minimum Gasteiger partial charge on any atom is -0.486 e. The molecule has 0 aromatic heterocycles. The fourth-order valence-electron chi connectivity index (χ4n) is 2.56. The minimum absolute atomic E-state index is 0.0437. The van der Waals surface area contributed by atoms with Crippen LogP contribution in [0.4, 0.5) is 10.1 Å². The van der Waals surface area contributed by atoms with Gasteiger partial charge < -0.3 is 4.74 Å². The Bertz CT molecular complexity index is 978. The van der Waals surface area contributed by atoms with Gasteiger partial charge in [-0.3, -0.25) is 4.99 Å². The standard InChI is InChI=1S/C22H18Cl2FNO/c1-14-7-8-15(2)21(9-14)26-12-16-10-18(23)22(19(24)11-16)27-13-17-5-3-4-6-20(17)25/h3-12H,13H2,1-2H3. The molecule has 0 unspecified atom stereocenters. The third-order valence-electron chi connectivity index (χ3n) is 4.07. The van der Waals surface area contributed by atoms with Crippen molar-refractivity contribution < 1.29 is 9.13 Å². The van der Waals surface area contributed by atoms with Crippen LogP contribution in [0.25, 0.3) is 0 Å². The van der Waals surface area contributed by atoms with Gasteiger partial charge in [0.05, 0.1) is 15.7 Å². The molecule has 0 N–H and O–H groups in total. The highest BCUT2D eigenvalue weighted by atomic mass is 35.5. The van der Waals surface area contributed by atoms with Crippen molar-refractivity contribution in [3.63, 3.8) is 0 Å². The molecule has 0 fully saturated rings. The van der Waals surface area contributed by atoms with Crippen molar-refractivity contribution in [3.8, 4) is 5.75 Å². The Balaban J connectivity index is 1.79. The number of halogens is 3. The second-order valence-corrected chi connectivity index (χ2v) is 7.06. The third kappa shape index (κ3) is 4.88. The highest BCUT2D eigenvalue weighted by Gasteiger charge is 2.11. The maximum Gasteiger partial charge on any atom is 0.157 e. The number of rotatable bonds is 5. The lowest BCUT2D eigenvalue weighted by Gasteiger charge is -2.11. The van der Waals surface area contributed by atoms with Gasteiger partial charge in [0.2, 0.25) is 0 Å². The Labute approximate surface area is 168 Å². The van der Waals surface area contributed by atoms with Crippen LogP contribution in [0, 0.1) is 19.7 Å². The average Bonchev–Trinajstić information content (AvgIpc) is 2.63. The zero-order chi connectivity index (χ0) is 19.4. The highest BCUT2D eigenvalue weighted by molar-refractivity contribution is 6.37. The van der Waals surface area contributed by atoms with Gasteiger partial charge in [-0.1, -0.05) is 53.5 Å². The van der Waals surface area contributed by atoms with E-state index in [1.54, 1.807) is 36.5 Å². The highest BCUT2D eigenvalue weighted by Crippen LogP contribution is 2.34. The van der Waals surface area contributed by atoms with E-state index in [1.807, 2.05) is 32.0 Å². The summed E-state index contributed by atoms with van der Waals surface area (Å²) < 4.78 is 19.4. The number of hydrogen-bond acceptors (Lipinski definition) is 2. The van der Waals surface area contributed by atoms with Gasteiger partial charge in [0.15, 0.2) is 5.75 Å². The molecule has 0 amide bonds. The first-order valence-electron chi connectivity index (χ1n) is 8.40. The van der Waals surface area contributed by atoms with Gasteiger partial charge >= 0.3 is 0 Å². The summed E-state index contributed by atoms with van der Waals surface area (Å²) in [7, 11) is 0. The molecule has 0 spiro atoms. The predicted octanol–water partition coefficient (Wildman–Crippen LogP) is 7.08. The first-order valence-corrected chi connectivity index (χ1v) is 9.16. The molecular formula is C22H18Cl2FNO. The van der Waals surface area contributed by atoms with E-state index in [0.29, 0.717) is 21.4 Å². The van der Waals surface area contributed by atoms with Crippen molar-refractivity contribution >= 4 is 35.1 Å². The molecule has 0 aliphatic rings. The first kappa shape index (κ1) is 19.4. The summed E-state index contributed by atoms with van der Waals surface area (Å²) >= 11 is 12.6. The molecule has 3 rings (SSSR count). The van der Waals surface area contributed by atoms with E-state index in [-0.39, 0.29) is 12.4 Å². The summed E-state index contributed by atoms with van der Waals surface area (Å²) in [6.45, 7) is 4.07. The van der Waals surface area contributed by atoms with Gasteiger partial charge in [0.25, 0.3) is 0 Å². The molecule has 3 aromatic carbocycles. The van der Waals surface area contributed by atoms with Crippen molar-refractivity contribution in [3.05, 3.63) is 92.7 Å². The molecule has 0 saturated heterocycles. The van der Waals surface area contributed by atoms with Gasteiger partial charge in [-0.05, 0) is 54.8 Å². The maximum absolute atomic E-state index is 13.7. The van der Waals surface area contributed by atoms with E-state index in [2.05, 4.69) is 4.99 Å². The van der Waals surface area contributed by atoms with Gasteiger partial charge in [-0.2, -0.15) is 0 Å². The van der Waals surface area contributed by atoms with Crippen LogP contribution in [0.1, 0.15) is 22.3 Å². The molecule has 0 saturated carbocycles. The Hall–Kier alpha value is -2.36.